The molecule has 9 nitrogen and oxygen atoms in total. The van der Waals surface area contributed by atoms with Crippen LogP contribution in [0.5, 0.6) is 0 Å². The normalized spacial score (nSPS) is 19.3. The number of nitrogens with one attached hydrogen (secondary N) is 2. The molecule has 2 aliphatic carbocycles. The summed E-state index contributed by atoms with van der Waals surface area (Å²) in [6, 6.07) is 7.77. The molecule has 0 atom stereocenters. The number of nitrogens with zero attached hydrogens (tertiary/aromatic N) is 5. The number of carbonyl (C=O) groups excluding carboxylic acids is 2. The minimum atomic E-state index is -4.24. The fourth-order valence-corrected chi connectivity index (χ4v) is 7.06. The van der Waals surface area contributed by atoms with Crippen molar-refractivity contribution in [3.05, 3.63) is 45.4 Å². The predicted octanol–water partition coefficient (Wildman–Crippen LogP) is 7.90. The second-order valence-corrected chi connectivity index (χ2v) is 15.1. The van der Waals surface area contributed by atoms with Gasteiger partial charge in [0.25, 0.3) is 5.91 Å². The zero-order chi connectivity index (χ0) is 35.2. The minimum Gasteiger partial charge on any atom is -0.368 e. The van der Waals surface area contributed by atoms with E-state index in [1.54, 1.807) is 18.2 Å². The van der Waals surface area contributed by atoms with Gasteiger partial charge in [0.15, 0.2) is 0 Å². The van der Waals surface area contributed by atoms with Gasteiger partial charge in [0.05, 0.1) is 43.9 Å². The third-order valence-electron chi connectivity index (χ3n) is 9.76. The zero-order valence-electron chi connectivity index (χ0n) is 28.2. The number of fused-ring (bicyclic) bond motifs is 1. The van der Waals surface area contributed by atoms with Gasteiger partial charge in [-0.2, -0.15) is 13.2 Å². The van der Waals surface area contributed by atoms with Gasteiger partial charge in [0, 0.05) is 56.9 Å². The highest BCUT2D eigenvalue weighted by atomic mass is 35.5. The van der Waals surface area contributed by atoms with E-state index in [0.717, 1.165) is 37.4 Å². The Morgan fingerprint density at radius 1 is 1.00 bits per heavy atom. The molecule has 0 spiro atoms. The summed E-state index contributed by atoms with van der Waals surface area (Å²) >= 11 is 13.4. The molecule has 2 heterocycles. The molecule has 2 aromatic carbocycles. The van der Waals surface area contributed by atoms with Crippen molar-refractivity contribution in [2.24, 2.45) is 23.4 Å². The number of anilines is 3. The molecule has 0 bridgehead atoms. The third kappa shape index (κ3) is 7.86. The molecule has 2 amide bonds. The fraction of sp³-hybridized carbons (Fsp3) is 0.543. The number of piperazine rings is 1. The van der Waals surface area contributed by atoms with Crippen molar-refractivity contribution in [2.45, 2.75) is 78.1 Å². The summed E-state index contributed by atoms with van der Waals surface area (Å²) in [6.07, 6.45) is -1.63. The summed E-state index contributed by atoms with van der Waals surface area (Å²) in [5.41, 5.74) is 3.44. The predicted molar refractivity (Wildman–Crippen MR) is 188 cm³/mol. The first-order valence-corrected chi connectivity index (χ1v) is 17.5. The van der Waals surface area contributed by atoms with Crippen LogP contribution in [-0.2, 0) is 18.4 Å². The van der Waals surface area contributed by atoms with Crippen molar-refractivity contribution >= 4 is 69.1 Å². The number of hydrogen-bond acceptors (Lipinski definition) is 6. The maximum absolute atomic E-state index is 13.8. The number of imidazole rings is 1. The summed E-state index contributed by atoms with van der Waals surface area (Å²) in [7, 11) is 1.85. The van der Waals surface area contributed by atoms with E-state index in [-0.39, 0.29) is 38.1 Å². The quantitative estimate of drug-likeness (QED) is 0.258. The van der Waals surface area contributed by atoms with Gasteiger partial charge in [-0.1, -0.05) is 50.0 Å². The summed E-state index contributed by atoms with van der Waals surface area (Å²) in [6.45, 7) is 8.94. The monoisotopic (exact) mass is 719 g/mol. The van der Waals surface area contributed by atoms with Crippen LogP contribution in [0.1, 0.15) is 75.2 Å². The van der Waals surface area contributed by atoms with Crippen molar-refractivity contribution in [3.63, 3.8) is 0 Å². The molecule has 49 heavy (non-hydrogen) atoms. The molecule has 1 saturated heterocycles. The number of amides is 2. The van der Waals surface area contributed by atoms with Crippen LogP contribution in [0.25, 0.3) is 11.0 Å². The highest BCUT2D eigenvalue weighted by molar-refractivity contribution is 6.39. The fourth-order valence-electron chi connectivity index (χ4n) is 6.53. The van der Waals surface area contributed by atoms with E-state index in [0.29, 0.717) is 50.1 Å². The van der Waals surface area contributed by atoms with Crippen LogP contribution in [0.4, 0.5) is 30.5 Å². The van der Waals surface area contributed by atoms with Gasteiger partial charge in [0.2, 0.25) is 11.9 Å². The highest BCUT2D eigenvalue weighted by Crippen LogP contribution is 2.39. The first-order chi connectivity index (χ1) is 23.1. The molecule has 3 aliphatic rings. The molecule has 14 heteroatoms. The third-order valence-corrected chi connectivity index (χ3v) is 10.5. The summed E-state index contributed by atoms with van der Waals surface area (Å²) in [4.78, 5) is 40.1. The number of aryl methyl sites for hydroxylation is 1. The SMILES string of the molecule is Cn1c(Nc2c(Cl)ccc(CNC(=O)C(C)(C)C)c2Cl)nc2cc(C(=O)N=C3CCC(C(F)(F)F)CC3)c(N3CCN(C4CC4)CC3)cc21. The Balaban J connectivity index is 1.31. The van der Waals surface area contributed by atoms with Gasteiger partial charge in [-0.15, -0.1) is 0 Å². The van der Waals surface area contributed by atoms with Crippen LogP contribution < -0.4 is 15.5 Å². The van der Waals surface area contributed by atoms with Gasteiger partial charge in [-0.25, -0.2) is 9.98 Å². The number of benzene rings is 2. The van der Waals surface area contributed by atoms with E-state index >= 15 is 0 Å². The Morgan fingerprint density at radius 3 is 2.29 bits per heavy atom. The molecule has 0 unspecified atom stereocenters. The van der Waals surface area contributed by atoms with Gasteiger partial charge in [0.1, 0.15) is 0 Å². The Kier molecular flexibility index (Phi) is 9.96. The van der Waals surface area contributed by atoms with Gasteiger partial charge >= 0.3 is 6.18 Å². The molecule has 0 radical (unpaired) electrons. The van der Waals surface area contributed by atoms with Crippen molar-refractivity contribution in [3.8, 4) is 0 Å². The number of halogens is 5. The zero-order valence-corrected chi connectivity index (χ0v) is 29.7. The first-order valence-electron chi connectivity index (χ1n) is 16.8. The van der Waals surface area contributed by atoms with Crippen molar-refractivity contribution in [1.29, 1.82) is 0 Å². The summed E-state index contributed by atoms with van der Waals surface area (Å²) in [5, 5.41) is 6.88. The smallest absolute Gasteiger partial charge is 0.368 e. The average molecular weight is 721 g/mol. The Bertz CT molecular complexity index is 1780. The molecular weight excluding hydrogens is 678 g/mol. The van der Waals surface area contributed by atoms with Crippen LogP contribution in [-0.4, -0.2) is 70.4 Å². The van der Waals surface area contributed by atoms with E-state index < -0.39 is 23.4 Å². The number of aromatic nitrogens is 2. The van der Waals surface area contributed by atoms with Crippen LogP contribution >= 0.6 is 23.2 Å². The topological polar surface area (TPSA) is 94.9 Å². The maximum Gasteiger partial charge on any atom is 0.391 e. The van der Waals surface area contributed by atoms with Crippen molar-refractivity contribution < 1.29 is 22.8 Å². The molecule has 3 aromatic rings. The molecule has 2 saturated carbocycles. The van der Waals surface area contributed by atoms with Crippen LogP contribution in [0.15, 0.2) is 29.3 Å². The Labute approximate surface area is 294 Å². The lowest BCUT2D eigenvalue weighted by molar-refractivity contribution is -0.178. The minimum absolute atomic E-state index is 0.0603. The molecule has 3 fully saturated rings. The maximum atomic E-state index is 13.8. The van der Waals surface area contributed by atoms with Crippen molar-refractivity contribution in [1.82, 2.24) is 19.8 Å². The lowest BCUT2D eigenvalue weighted by Gasteiger charge is -2.37. The number of hydrogen-bond donors (Lipinski definition) is 2. The molecule has 6 rings (SSSR count). The van der Waals surface area contributed by atoms with E-state index in [1.807, 2.05) is 38.5 Å². The van der Waals surface area contributed by atoms with Gasteiger partial charge < -0.3 is 20.1 Å². The largest absolute Gasteiger partial charge is 0.391 e. The molecule has 1 aliphatic heterocycles. The lowest BCUT2D eigenvalue weighted by atomic mass is 9.87. The first kappa shape index (κ1) is 35.5. The molecule has 2 N–H and O–H groups in total. The molecular formula is C35H42Cl2F3N7O2. The second-order valence-electron chi connectivity index (χ2n) is 14.4. The van der Waals surface area contributed by atoms with Crippen molar-refractivity contribution in [2.75, 3.05) is 36.4 Å². The number of alkyl halides is 3. The van der Waals surface area contributed by atoms with Gasteiger partial charge in [-0.3, -0.25) is 14.5 Å². The molecule has 264 valence electrons. The molecule has 1 aromatic heterocycles. The van der Waals surface area contributed by atoms with Crippen LogP contribution in [0.2, 0.25) is 10.0 Å². The number of aliphatic imine (C=N–C) groups is 1. The second kappa shape index (κ2) is 13.8. The standard InChI is InChI=1S/C35H42Cl2F3N7O2/c1-34(2,3)32(49)41-19-20-5-12-25(36)30(29(20)37)44-33-43-26-17-24(31(48)42-22-8-6-21(7-9-22)35(38,39)40)27(18-28(26)45(33)4)47-15-13-46(14-16-47)23-10-11-23/h5,12,17-18,21,23H,6-11,13-16,19H2,1-4H3,(H,41,49)(H,43,44). The summed E-state index contributed by atoms with van der Waals surface area (Å²) in [5.74, 6) is -1.52. The van der Waals surface area contributed by atoms with E-state index in [9.17, 15) is 22.8 Å². The average Bonchev–Trinajstić information content (AvgIpc) is 3.86. The highest BCUT2D eigenvalue weighted by Gasteiger charge is 2.41. The lowest BCUT2D eigenvalue weighted by Crippen LogP contribution is -2.47. The van der Waals surface area contributed by atoms with E-state index in [2.05, 4.69) is 25.4 Å². The Hall–Kier alpha value is -3.35. The van der Waals surface area contributed by atoms with E-state index in [4.69, 9.17) is 28.2 Å². The Morgan fingerprint density at radius 2 is 1.67 bits per heavy atom. The number of carbonyl (C=O) groups is 2. The van der Waals surface area contributed by atoms with Gasteiger partial charge in [-0.05, 0) is 62.3 Å². The van der Waals surface area contributed by atoms with Crippen LogP contribution in [0, 0.1) is 11.3 Å². The van der Waals surface area contributed by atoms with E-state index in [1.165, 1.54) is 12.8 Å². The number of rotatable bonds is 7. The summed E-state index contributed by atoms with van der Waals surface area (Å²) < 4.78 is 41.6. The van der Waals surface area contributed by atoms with Crippen LogP contribution in [0.3, 0.4) is 0 Å².